The predicted octanol–water partition coefficient (Wildman–Crippen LogP) is 2.40. The summed E-state index contributed by atoms with van der Waals surface area (Å²) >= 11 is 0. The lowest BCUT2D eigenvalue weighted by Crippen LogP contribution is -2.38. The Labute approximate surface area is 101 Å². The average Bonchev–Trinajstić information content (AvgIpc) is 2.40. The van der Waals surface area contributed by atoms with E-state index in [0.29, 0.717) is 6.04 Å². The van der Waals surface area contributed by atoms with Gasteiger partial charge in [0.2, 0.25) is 0 Å². The van der Waals surface area contributed by atoms with Crippen molar-refractivity contribution in [3.05, 3.63) is 36.4 Å². The summed E-state index contributed by atoms with van der Waals surface area (Å²) in [5.74, 6) is 0.984. The minimum atomic E-state index is 0.511. The molecule has 1 fully saturated rings. The minimum Gasteiger partial charge on any atom is -0.366 e. The van der Waals surface area contributed by atoms with E-state index in [2.05, 4.69) is 39.9 Å². The number of nitrogens with one attached hydrogen (secondary N) is 2. The lowest BCUT2D eigenvalue weighted by molar-refractivity contribution is 0.479. The molecule has 1 aliphatic rings. The molecule has 1 aromatic carbocycles. The summed E-state index contributed by atoms with van der Waals surface area (Å²) in [6.07, 6.45) is 2.47. The predicted molar refractivity (Wildman–Crippen MR) is 71.3 cm³/mol. The third kappa shape index (κ3) is 2.39. The number of fused-ring (bicyclic) bond motifs is 1. The summed E-state index contributed by atoms with van der Waals surface area (Å²) in [4.78, 5) is 4.63. The highest BCUT2D eigenvalue weighted by atomic mass is 15.1. The summed E-state index contributed by atoms with van der Waals surface area (Å²) in [7, 11) is 0. The van der Waals surface area contributed by atoms with Crippen molar-refractivity contribution in [2.75, 3.05) is 18.4 Å². The summed E-state index contributed by atoms with van der Waals surface area (Å²) in [6.45, 7) is 2.18. The molecule has 1 aliphatic heterocycles. The van der Waals surface area contributed by atoms with Gasteiger partial charge in [0, 0.05) is 18.0 Å². The lowest BCUT2D eigenvalue weighted by Gasteiger charge is -2.24. The van der Waals surface area contributed by atoms with Gasteiger partial charge in [-0.2, -0.15) is 0 Å². The summed E-state index contributed by atoms with van der Waals surface area (Å²) in [5.41, 5.74) is 1.06. The van der Waals surface area contributed by atoms with E-state index in [1.165, 1.54) is 18.2 Å². The van der Waals surface area contributed by atoms with Gasteiger partial charge in [-0.3, -0.25) is 0 Å². The van der Waals surface area contributed by atoms with Crippen LogP contribution in [-0.4, -0.2) is 24.1 Å². The Balaban J connectivity index is 1.80. The molecule has 0 bridgehead atoms. The molecule has 0 saturated carbocycles. The van der Waals surface area contributed by atoms with Crippen molar-refractivity contribution in [2.45, 2.75) is 18.9 Å². The highest BCUT2D eigenvalue weighted by molar-refractivity contribution is 5.80. The van der Waals surface area contributed by atoms with Gasteiger partial charge >= 0.3 is 0 Å². The molecule has 0 aliphatic carbocycles. The van der Waals surface area contributed by atoms with Crippen molar-refractivity contribution >= 4 is 16.7 Å². The van der Waals surface area contributed by atoms with Gasteiger partial charge in [-0.15, -0.1) is 0 Å². The zero-order chi connectivity index (χ0) is 11.5. The minimum absolute atomic E-state index is 0.511. The molecular formula is C14H17N3. The highest BCUT2D eigenvalue weighted by Crippen LogP contribution is 2.16. The Morgan fingerprint density at radius 3 is 3.00 bits per heavy atom. The van der Waals surface area contributed by atoms with E-state index in [-0.39, 0.29) is 0 Å². The van der Waals surface area contributed by atoms with Gasteiger partial charge in [0.15, 0.2) is 0 Å². The third-order valence-electron chi connectivity index (χ3n) is 3.25. The van der Waals surface area contributed by atoms with Crippen LogP contribution in [0.3, 0.4) is 0 Å². The fraction of sp³-hybridized carbons (Fsp3) is 0.357. The topological polar surface area (TPSA) is 37.0 Å². The van der Waals surface area contributed by atoms with Crippen LogP contribution in [0.2, 0.25) is 0 Å². The maximum Gasteiger partial charge on any atom is 0.126 e. The smallest absolute Gasteiger partial charge is 0.126 e. The molecular weight excluding hydrogens is 210 g/mol. The van der Waals surface area contributed by atoms with E-state index >= 15 is 0 Å². The van der Waals surface area contributed by atoms with Crippen molar-refractivity contribution in [3.8, 4) is 0 Å². The molecule has 1 atom stereocenters. The fourth-order valence-corrected chi connectivity index (χ4v) is 2.33. The molecule has 88 valence electrons. The summed E-state index contributed by atoms with van der Waals surface area (Å²) in [5, 5.41) is 8.10. The van der Waals surface area contributed by atoms with Crippen LogP contribution in [-0.2, 0) is 0 Å². The van der Waals surface area contributed by atoms with Crippen LogP contribution in [0.5, 0.6) is 0 Å². The molecule has 3 heteroatoms. The van der Waals surface area contributed by atoms with Gasteiger partial charge in [0.05, 0.1) is 5.52 Å². The van der Waals surface area contributed by atoms with E-state index in [1.807, 2.05) is 12.1 Å². The van der Waals surface area contributed by atoms with Gasteiger partial charge in [0.1, 0.15) is 5.82 Å². The van der Waals surface area contributed by atoms with Crippen LogP contribution >= 0.6 is 0 Å². The number of hydrogen-bond acceptors (Lipinski definition) is 3. The summed E-state index contributed by atoms with van der Waals surface area (Å²) < 4.78 is 0. The van der Waals surface area contributed by atoms with E-state index in [1.54, 1.807) is 0 Å². The number of aromatic nitrogens is 1. The van der Waals surface area contributed by atoms with E-state index in [4.69, 9.17) is 0 Å². The van der Waals surface area contributed by atoms with Crippen LogP contribution < -0.4 is 10.6 Å². The van der Waals surface area contributed by atoms with Gasteiger partial charge in [-0.1, -0.05) is 18.2 Å². The second-order valence-electron chi connectivity index (χ2n) is 4.58. The molecule has 2 N–H and O–H groups in total. The highest BCUT2D eigenvalue weighted by Gasteiger charge is 2.12. The molecule has 1 aromatic heterocycles. The number of rotatable bonds is 2. The summed E-state index contributed by atoms with van der Waals surface area (Å²) in [6, 6.07) is 12.9. The van der Waals surface area contributed by atoms with E-state index < -0.39 is 0 Å². The second-order valence-corrected chi connectivity index (χ2v) is 4.58. The molecule has 1 saturated heterocycles. The van der Waals surface area contributed by atoms with Crippen LogP contribution in [0.25, 0.3) is 10.9 Å². The third-order valence-corrected chi connectivity index (χ3v) is 3.25. The maximum absolute atomic E-state index is 4.63. The number of anilines is 1. The average molecular weight is 227 g/mol. The molecule has 3 rings (SSSR count). The Morgan fingerprint density at radius 1 is 1.18 bits per heavy atom. The zero-order valence-electron chi connectivity index (χ0n) is 9.82. The van der Waals surface area contributed by atoms with Crippen molar-refractivity contribution in [1.82, 2.24) is 10.3 Å². The molecule has 2 aromatic rings. The van der Waals surface area contributed by atoms with Crippen molar-refractivity contribution in [2.24, 2.45) is 0 Å². The number of para-hydroxylation sites is 1. The molecule has 3 nitrogen and oxygen atoms in total. The van der Waals surface area contributed by atoms with Gasteiger partial charge in [-0.25, -0.2) is 4.98 Å². The normalized spacial score (nSPS) is 20.4. The maximum atomic E-state index is 4.63. The Hall–Kier alpha value is -1.61. The van der Waals surface area contributed by atoms with E-state index in [9.17, 15) is 0 Å². The molecule has 2 heterocycles. The molecule has 1 unspecified atom stereocenters. The fourth-order valence-electron chi connectivity index (χ4n) is 2.33. The lowest BCUT2D eigenvalue weighted by atomic mass is 10.1. The Morgan fingerprint density at radius 2 is 2.12 bits per heavy atom. The molecule has 17 heavy (non-hydrogen) atoms. The number of nitrogens with zero attached hydrogens (tertiary/aromatic N) is 1. The Kier molecular flexibility index (Phi) is 2.92. The SMILES string of the molecule is c1ccc2nc(NC3CCCNC3)ccc2c1. The first kappa shape index (κ1) is 10.5. The van der Waals surface area contributed by atoms with Crippen LogP contribution in [0.15, 0.2) is 36.4 Å². The van der Waals surface area contributed by atoms with E-state index in [0.717, 1.165) is 24.4 Å². The second kappa shape index (κ2) is 4.72. The first-order valence-corrected chi connectivity index (χ1v) is 6.25. The van der Waals surface area contributed by atoms with Crippen molar-refractivity contribution in [1.29, 1.82) is 0 Å². The Bertz CT molecular complexity index is 504. The van der Waals surface area contributed by atoms with Gasteiger partial charge < -0.3 is 10.6 Å². The number of piperidine rings is 1. The van der Waals surface area contributed by atoms with Crippen LogP contribution in [0, 0.1) is 0 Å². The monoisotopic (exact) mass is 227 g/mol. The molecule has 0 spiro atoms. The zero-order valence-corrected chi connectivity index (χ0v) is 9.82. The standard InChI is InChI=1S/C14H17N3/c1-2-6-13-11(4-1)7-8-14(17-13)16-12-5-3-9-15-10-12/h1-2,4,6-8,12,15H,3,5,9-10H2,(H,16,17). The van der Waals surface area contributed by atoms with Gasteiger partial charge in [-0.05, 0) is 37.6 Å². The molecule has 0 radical (unpaired) electrons. The number of hydrogen-bond donors (Lipinski definition) is 2. The number of pyridine rings is 1. The largest absolute Gasteiger partial charge is 0.366 e. The first-order chi connectivity index (χ1) is 8.42. The van der Waals surface area contributed by atoms with Crippen molar-refractivity contribution < 1.29 is 0 Å². The molecule has 0 amide bonds. The quantitative estimate of drug-likeness (QED) is 0.827. The van der Waals surface area contributed by atoms with Gasteiger partial charge in [0.25, 0.3) is 0 Å². The number of benzene rings is 1. The van der Waals surface area contributed by atoms with Crippen LogP contribution in [0.4, 0.5) is 5.82 Å². The van der Waals surface area contributed by atoms with Crippen LogP contribution in [0.1, 0.15) is 12.8 Å². The van der Waals surface area contributed by atoms with Crippen molar-refractivity contribution in [3.63, 3.8) is 0 Å². The first-order valence-electron chi connectivity index (χ1n) is 6.25.